The number of rotatable bonds is 2. The summed E-state index contributed by atoms with van der Waals surface area (Å²) in [5.74, 6) is 0.704. The topological polar surface area (TPSA) is 67.5 Å². The average Bonchev–Trinajstić information content (AvgIpc) is 2.94. The minimum atomic E-state index is -0.121. The van der Waals surface area contributed by atoms with Gasteiger partial charge < -0.3 is 5.11 Å². The maximum atomic E-state index is 13.0. The number of phenols is 1. The van der Waals surface area contributed by atoms with Gasteiger partial charge in [-0.25, -0.2) is 4.98 Å². The van der Waals surface area contributed by atoms with E-state index in [1.54, 1.807) is 30.4 Å². The zero-order valence-electron chi connectivity index (χ0n) is 14.2. The number of thiophene rings is 1. The molecule has 0 saturated heterocycles. The van der Waals surface area contributed by atoms with E-state index in [1.165, 1.54) is 22.2 Å². The maximum Gasteiger partial charge on any atom is 0.283 e. The highest BCUT2D eigenvalue weighted by molar-refractivity contribution is 7.18. The van der Waals surface area contributed by atoms with E-state index >= 15 is 0 Å². The van der Waals surface area contributed by atoms with Crippen molar-refractivity contribution in [1.82, 2.24) is 9.66 Å². The number of benzene rings is 1. The van der Waals surface area contributed by atoms with Crippen LogP contribution in [0.25, 0.3) is 10.2 Å². The van der Waals surface area contributed by atoms with Crippen LogP contribution in [0, 0.1) is 13.8 Å². The predicted molar refractivity (Wildman–Crippen MR) is 101 cm³/mol. The number of nitrogens with zero attached hydrogens (tertiary/aromatic N) is 3. The van der Waals surface area contributed by atoms with Crippen LogP contribution in [0.3, 0.4) is 0 Å². The van der Waals surface area contributed by atoms with Gasteiger partial charge in [-0.2, -0.15) is 9.78 Å². The lowest BCUT2D eigenvalue weighted by Gasteiger charge is -2.10. The molecule has 0 amide bonds. The SMILES string of the molecule is Cc1ccc(C=Nn2c(C)nc3sc4c(c3c2=O)CCCC4)c(O)c1. The third-order valence-corrected chi connectivity index (χ3v) is 5.81. The van der Waals surface area contributed by atoms with Crippen LogP contribution in [0.2, 0.25) is 0 Å². The lowest BCUT2D eigenvalue weighted by molar-refractivity contribution is 0.474. The molecule has 128 valence electrons. The summed E-state index contributed by atoms with van der Waals surface area (Å²) in [5.41, 5.74) is 2.58. The second kappa shape index (κ2) is 6.11. The summed E-state index contributed by atoms with van der Waals surface area (Å²) < 4.78 is 1.34. The molecular formula is C19H19N3O2S. The van der Waals surface area contributed by atoms with E-state index in [0.717, 1.165) is 40.6 Å². The van der Waals surface area contributed by atoms with E-state index in [2.05, 4.69) is 10.1 Å². The van der Waals surface area contributed by atoms with Gasteiger partial charge in [-0.1, -0.05) is 6.07 Å². The van der Waals surface area contributed by atoms with Crippen molar-refractivity contribution in [2.45, 2.75) is 39.5 Å². The second-order valence-electron chi connectivity index (χ2n) is 6.47. The fourth-order valence-corrected chi connectivity index (χ4v) is 4.61. The van der Waals surface area contributed by atoms with E-state index < -0.39 is 0 Å². The average molecular weight is 353 g/mol. The molecule has 0 aliphatic heterocycles. The van der Waals surface area contributed by atoms with Gasteiger partial charge in [0.1, 0.15) is 16.4 Å². The Hall–Kier alpha value is -2.47. The number of fused-ring (bicyclic) bond motifs is 3. The molecule has 0 fully saturated rings. The van der Waals surface area contributed by atoms with Crippen molar-refractivity contribution in [3.05, 3.63) is 55.9 Å². The van der Waals surface area contributed by atoms with Crippen LogP contribution in [0.5, 0.6) is 5.75 Å². The molecule has 0 bridgehead atoms. The van der Waals surface area contributed by atoms with Crippen molar-refractivity contribution in [3.8, 4) is 5.75 Å². The fraction of sp³-hybridized carbons (Fsp3) is 0.316. The normalized spacial score (nSPS) is 14.3. The summed E-state index contributed by atoms with van der Waals surface area (Å²) in [6, 6.07) is 5.36. The third kappa shape index (κ3) is 2.76. The van der Waals surface area contributed by atoms with Gasteiger partial charge in [-0.15, -0.1) is 11.3 Å². The highest BCUT2D eigenvalue weighted by Gasteiger charge is 2.21. The van der Waals surface area contributed by atoms with Gasteiger partial charge in [0.2, 0.25) is 0 Å². The third-order valence-electron chi connectivity index (χ3n) is 4.63. The number of phenolic OH excluding ortho intramolecular Hbond substituents is 1. The Labute approximate surface area is 149 Å². The molecule has 1 aliphatic rings. The number of aromatic hydroxyl groups is 1. The predicted octanol–water partition coefficient (Wildman–Crippen LogP) is 3.54. The van der Waals surface area contributed by atoms with Crippen LogP contribution >= 0.6 is 11.3 Å². The molecule has 0 saturated carbocycles. The molecule has 1 N–H and O–H groups in total. The first kappa shape index (κ1) is 16.0. The van der Waals surface area contributed by atoms with Gasteiger partial charge in [0, 0.05) is 10.4 Å². The van der Waals surface area contributed by atoms with Gasteiger partial charge in [-0.3, -0.25) is 4.79 Å². The van der Waals surface area contributed by atoms with Crippen molar-refractivity contribution in [1.29, 1.82) is 0 Å². The van der Waals surface area contributed by atoms with Crippen LogP contribution in [0.1, 0.15) is 40.2 Å². The van der Waals surface area contributed by atoms with Crippen LogP contribution in [-0.2, 0) is 12.8 Å². The standard InChI is InChI=1S/C19H19N3O2S/c1-11-7-8-13(15(23)9-11)10-20-22-12(2)21-18-17(19(22)24)14-5-3-4-6-16(14)25-18/h7-10,23H,3-6H2,1-2H3. The minimum Gasteiger partial charge on any atom is -0.507 e. The molecular weight excluding hydrogens is 334 g/mol. The molecule has 1 aromatic carbocycles. The lowest BCUT2D eigenvalue weighted by Crippen LogP contribution is -2.21. The second-order valence-corrected chi connectivity index (χ2v) is 7.56. The molecule has 0 atom stereocenters. The summed E-state index contributed by atoms with van der Waals surface area (Å²) in [6.45, 7) is 3.69. The van der Waals surface area contributed by atoms with Gasteiger partial charge in [-0.05, 0) is 62.8 Å². The van der Waals surface area contributed by atoms with Crippen molar-refractivity contribution < 1.29 is 5.11 Å². The monoisotopic (exact) mass is 353 g/mol. The molecule has 0 radical (unpaired) electrons. The fourth-order valence-electron chi connectivity index (χ4n) is 3.32. The Morgan fingerprint density at radius 3 is 2.88 bits per heavy atom. The molecule has 4 rings (SSSR count). The Bertz CT molecular complexity index is 1060. The molecule has 2 aromatic heterocycles. The highest BCUT2D eigenvalue weighted by Crippen LogP contribution is 2.33. The Morgan fingerprint density at radius 2 is 2.08 bits per heavy atom. The zero-order chi connectivity index (χ0) is 17.6. The summed E-state index contributed by atoms with van der Waals surface area (Å²) in [7, 11) is 0. The smallest absolute Gasteiger partial charge is 0.283 e. The molecule has 0 spiro atoms. The van der Waals surface area contributed by atoms with Gasteiger partial charge >= 0.3 is 0 Å². The highest BCUT2D eigenvalue weighted by atomic mass is 32.1. The van der Waals surface area contributed by atoms with Crippen molar-refractivity contribution >= 4 is 27.8 Å². The summed E-state index contributed by atoms with van der Waals surface area (Å²) in [6.07, 6.45) is 5.78. The number of hydrogen-bond donors (Lipinski definition) is 1. The van der Waals surface area contributed by atoms with Crippen LogP contribution in [0.15, 0.2) is 28.1 Å². The Balaban J connectivity index is 1.84. The maximum absolute atomic E-state index is 13.0. The summed E-state index contributed by atoms with van der Waals surface area (Å²) in [4.78, 5) is 19.7. The molecule has 3 aromatic rings. The van der Waals surface area contributed by atoms with E-state index in [1.807, 2.05) is 13.0 Å². The number of aromatic nitrogens is 2. The first-order valence-corrected chi connectivity index (χ1v) is 9.24. The van der Waals surface area contributed by atoms with Gasteiger partial charge in [0.15, 0.2) is 0 Å². The van der Waals surface area contributed by atoms with E-state index in [4.69, 9.17) is 0 Å². The molecule has 0 unspecified atom stereocenters. The first-order valence-electron chi connectivity index (χ1n) is 8.42. The minimum absolute atomic E-state index is 0.121. The van der Waals surface area contributed by atoms with E-state index in [0.29, 0.717) is 11.4 Å². The Kier molecular flexibility index (Phi) is 3.92. The van der Waals surface area contributed by atoms with Gasteiger partial charge in [0.05, 0.1) is 11.6 Å². The number of aryl methyl sites for hydroxylation is 4. The van der Waals surface area contributed by atoms with E-state index in [9.17, 15) is 9.90 Å². The molecule has 2 heterocycles. The molecule has 1 aliphatic carbocycles. The van der Waals surface area contributed by atoms with Crippen LogP contribution in [0.4, 0.5) is 0 Å². The Morgan fingerprint density at radius 1 is 1.28 bits per heavy atom. The summed E-state index contributed by atoms with van der Waals surface area (Å²) >= 11 is 1.64. The molecule has 6 heteroatoms. The quantitative estimate of drug-likeness (QED) is 0.717. The lowest BCUT2D eigenvalue weighted by atomic mass is 9.97. The largest absolute Gasteiger partial charge is 0.507 e. The summed E-state index contributed by atoms with van der Waals surface area (Å²) in [5, 5.41) is 15.0. The van der Waals surface area contributed by atoms with Crippen LogP contribution < -0.4 is 5.56 Å². The van der Waals surface area contributed by atoms with E-state index in [-0.39, 0.29) is 11.3 Å². The first-order chi connectivity index (χ1) is 12.0. The van der Waals surface area contributed by atoms with Crippen molar-refractivity contribution in [2.75, 3.05) is 0 Å². The molecule has 25 heavy (non-hydrogen) atoms. The number of hydrogen-bond acceptors (Lipinski definition) is 5. The molecule has 5 nitrogen and oxygen atoms in total. The van der Waals surface area contributed by atoms with Crippen LogP contribution in [-0.4, -0.2) is 21.0 Å². The zero-order valence-corrected chi connectivity index (χ0v) is 15.1. The van der Waals surface area contributed by atoms with Gasteiger partial charge in [0.25, 0.3) is 5.56 Å². The van der Waals surface area contributed by atoms with Crippen molar-refractivity contribution in [2.24, 2.45) is 5.10 Å². The van der Waals surface area contributed by atoms with Crippen molar-refractivity contribution in [3.63, 3.8) is 0 Å².